The number of nitrogens with two attached hydrogens (primary N) is 1. The van der Waals surface area contributed by atoms with Gasteiger partial charge in [0.2, 0.25) is 0 Å². The Kier molecular flexibility index (Phi) is 8.79. The standard InChI is InChI=1S/C21H28Br2N2O/c1-3-4-5-6-7-8-9-15-12-17(10-11-20(15)25-2)26-21-18(22)13-16(24)14-19(21)23/h10-14,25H,3-9,24H2,1-2H3. The molecule has 0 aromatic heterocycles. The third kappa shape index (κ3) is 6.20. The van der Waals surface area contributed by atoms with Crippen LogP contribution in [0.2, 0.25) is 0 Å². The Hall–Kier alpha value is -1.20. The van der Waals surface area contributed by atoms with Crippen LogP contribution in [0.25, 0.3) is 0 Å². The van der Waals surface area contributed by atoms with Gasteiger partial charge in [0.25, 0.3) is 0 Å². The molecule has 142 valence electrons. The van der Waals surface area contributed by atoms with Crippen molar-refractivity contribution in [2.45, 2.75) is 51.9 Å². The summed E-state index contributed by atoms with van der Waals surface area (Å²) in [6.45, 7) is 2.25. The first-order chi connectivity index (χ1) is 12.5. The summed E-state index contributed by atoms with van der Waals surface area (Å²) in [5, 5.41) is 3.29. The summed E-state index contributed by atoms with van der Waals surface area (Å²) in [7, 11) is 1.97. The molecule has 0 atom stereocenters. The molecule has 3 N–H and O–H groups in total. The number of halogens is 2. The van der Waals surface area contributed by atoms with Crippen LogP contribution in [0.5, 0.6) is 11.5 Å². The normalized spacial score (nSPS) is 10.8. The summed E-state index contributed by atoms with van der Waals surface area (Å²) < 4.78 is 7.78. The Morgan fingerprint density at radius 1 is 0.962 bits per heavy atom. The predicted octanol–water partition coefficient (Wildman–Crippen LogP) is 7.53. The van der Waals surface area contributed by atoms with Crippen LogP contribution in [0.1, 0.15) is 51.0 Å². The molecule has 0 aliphatic heterocycles. The van der Waals surface area contributed by atoms with Gasteiger partial charge in [-0.2, -0.15) is 0 Å². The molecule has 0 unspecified atom stereocenters. The molecule has 26 heavy (non-hydrogen) atoms. The van der Waals surface area contributed by atoms with E-state index in [-0.39, 0.29) is 0 Å². The van der Waals surface area contributed by atoms with Crippen molar-refractivity contribution in [1.82, 2.24) is 0 Å². The zero-order chi connectivity index (χ0) is 18.9. The van der Waals surface area contributed by atoms with Gasteiger partial charge in [0.05, 0.1) is 8.95 Å². The van der Waals surface area contributed by atoms with E-state index >= 15 is 0 Å². The molecule has 0 aliphatic carbocycles. The summed E-state index contributed by atoms with van der Waals surface area (Å²) in [5.41, 5.74) is 9.01. The number of nitrogen functional groups attached to an aromatic ring is 1. The number of anilines is 2. The van der Waals surface area contributed by atoms with Gasteiger partial charge < -0.3 is 15.8 Å². The number of hydrogen-bond acceptors (Lipinski definition) is 3. The highest BCUT2D eigenvalue weighted by molar-refractivity contribution is 9.11. The molecule has 0 radical (unpaired) electrons. The van der Waals surface area contributed by atoms with Crippen molar-refractivity contribution < 1.29 is 4.74 Å². The van der Waals surface area contributed by atoms with Gasteiger partial charge in [0, 0.05) is 18.4 Å². The van der Waals surface area contributed by atoms with E-state index < -0.39 is 0 Å². The molecule has 0 saturated heterocycles. The molecule has 0 bridgehead atoms. The molecular formula is C21H28Br2N2O. The van der Waals surface area contributed by atoms with E-state index in [2.05, 4.69) is 56.2 Å². The lowest BCUT2D eigenvalue weighted by molar-refractivity contribution is 0.476. The maximum atomic E-state index is 6.12. The SMILES string of the molecule is CCCCCCCCc1cc(Oc2c(Br)cc(N)cc2Br)ccc1NC. The molecule has 5 heteroatoms. The van der Waals surface area contributed by atoms with Gasteiger partial charge >= 0.3 is 0 Å². The molecule has 0 aliphatic rings. The zero-order valence-corrected chi connectivity index (χ0v) is 18.8. The Morgan fingerprint density at radius 2 is 1.62 bits per heavy atom. The van der Waals surface area contributed by atoms with Crippen molar-refractivity contribution in [2.24, 2.45) is 0 Å². The van der Waals surface area contributed by atoms with Gasteiger partial charge in [-0.15, -0.1) is 0 Å². The molecular weight excluding hydrogens is 456 g/mol. The minimum absolute atomic E-state index is 0.686. The van der Waals surface area contributed by atoms with Crippen molar-refractivity contribution in [2.75, 3.05) is 18.1 Å². The van der Waals surface area contributed by atoms with Gasteiger partial charge in [0.1, 0.15) is 5.75 Å². The van der Waals surface area contributed by atoms with Crippen molar-refractivity contribution in [3.05, 3.63) is 44.8 Å². The number of ether oxygens (including phenoxy) is 1. The molecule has 0 saturated carbocycles. The molecule has 2 rings (SSSR count). The fourth-order valence-electron chi connectivity index (χ4n) is 2.97. The van der Waals surface area contributed by atoms with E-state index in [0.29, 0.717) is 5.69 Å². The molecule has 0 spiro atoms. The molecule has 2 aromatic rings. The number of rotatable bonds is 10. The Labute approximate surface area is 174 Å². The first-order valence-corrected chi connectivity index (χ1v) is 10.9. The first kappa shape index (κ1) is 21.1. The lowest BCUT2D eigenvalue weighted by atomic mass is 10.0. The summed E-state index contributed by atoms with van der Waals surface area (Å²) in [5.74, 6) is 1.57. The summed E-state index contributed by atoms with van der Waals surface area (Å²) in [6.07, 6.45) is 8.85. The maximum Gasteiger partial charge on any atom is 0.155 e. The molecule has 0 amide bonds. The summed E-state index contributed by atoms with van der Waals surface area (Å²) >= 11 is 7.05. The van der Waals surface area contributed by atoms with Crippen molar-refractivity contribution in [3.63, 3.8) is 0 Å². The quantitative estimate of drug-likeness (QED) is 0.271. The number of aryl methyl sites for hydroxylation is 1. The smallest absolute Gasteiger partial charge is 0.155 e. The van der Waals surface area contributed by atoms with Gasteiger partial charge in [-0.25, -0.2) is 0 Å². The Morgan fingerprint density at radius 3 is 2.27 bits per heavy atom. The monoisotopic (exact) mass is 482 g/mol. The third-order valence-corrected chi connectivity index (χ3v) is 5.56. The van der Waals surface area contributed by atoms with Crippen molar-refractivity contribution in [3.8, 4) is 11.5 Å². The van der Waals surface area contributed by atoms with Crippen LogP contribution in [-0.4, -0.2) is 7.05 Å². The summed E-state index contributed by atoms with van der Waals surface area (Å²) in [6, 6.07) is 9.90. The number of hydrogen-bond donors (Lipinski definition) is 2. The zero-order valence-electron chi connectivity index (χ0n) is 15.6. The second kappa shape index (κ2) is 10.8. The molecule has 3 nitrogen and oxygen atoms in total. The predicted molar refractivity (Wildman–Crippen MR) is 119 cm³/mol. The fourth-order valence-corrected chi connectivity index (χ4v) is 4.36. The first-order valence-electron chi connectivity index (χ1n) is 9.28. The van der Waals surface area contributed by atoms with E-state index in [1.54, 1.807) is 0 Å². The van der Waals surface area contributed by atoms with E-state index in [9.17, 15) is 0 Å². The Balaban J connectivity index is 2.06. The van der Waals surface area contributed by atoms with Crippen LogP contribution in [0.15, 0.2) is 39.3 Å². The van der Waals surface area contributed by atoms with Crippen LogP contribution < -0.4 is 15.8 Å². The molecule has 0 heterocycles. The second-order valence-electron chi connectivity index (χ2n) is 6.50. The number of unbranched alkanes of at least 4 members (excludes halogenated alkanes) is 5. The van der Waals surface area contributed by atoms with E-state index in [1.807, 2.05) is 25.2 Å². The average molecular weight is 484 g/mol. The van der Waals surface area contributed by atoms with E-state index in [1.165, 1.54) is 49.8 Å². The highest BCUT2D eigenvalue weighted by Crippen LogP contribution is 2.39. The van der Waals surface area contributed by atoms with Crippen LogP contribution >= 0.6 is 31.9 Å². The highest BCUT2D eigenvalue weighted by atomic mass is 79.9. The largest absolute Gasteiger partial charge is 0.455 e. The molecule has 2 aromatic carbocycles. The van der Waals surface area contributed by atoms with Gasteiger partial charge in [0.15, 0.2) is 5.75 Å². The third-order valence-electron chi connectivity index (χ3n) is 4.39. The highest BCUT2D eigenvalue weighted by Gasteiger charge is 2.11. The lowest BCUT2D eigenvalue weighted by Gasteiger charge is -2.14. The van der Waals surface area contributed by atoms with Gasteiger partial charge in [-0.05, 0) is 80.6 Å². The Bertz CT molecular complexity index is 696. The average Bonchev–Trinajstić information content (AvgIpc) is 2.61. The van der Waals surface area contributed by atoms with E-state index in [4.69, 9.17) is 10.5 Å². The number of nitrogens with one attached hydrogen (secondary N) is 1. The minimum atomic E-state index is 0.686. The van der Waals surface area contributed by atoms with Crippen LogP contribution in [0.4, 0.5) is 11.4 Å². The topological polar surface area (TPSA) is 47.3 Å². The second-order valence-corrected chi connectivity index (χ2v) is 8.21. The van der Waals surface area contributed by atoms with Gasteiger partial charge in [-0.1, -0.05) is 39.0 Å². The number of benzene rings is 2. The van der Waals surface area contributed by atoms with Crippen LogP contribution in [-0.2, 0) is 6.42 Å². The lowest BCUT2D eigenvalue weighted by Crippen LogP contribution is -1.97. The van der Waals surface area contributed by atoms with Crippen molar-refractivity contribution >= 4 is 43.2 Å². The van der Waals surface area contributed by atoms with Crippen LogP contribution in [0, 0.1) is 0 Å². The molecule has 0 fully saturated rings. The van der Waals surface area contributed by atoms with Crippen molar-refractivity contribution in [1.29, 1.82) is 0 Å². The van der Waals surface area contributed by atoms with E-state index in [0.717, 1.165) is 26.9 Å². The summed E-state index contributed by atoms with van der Waals surface area (Å²) in [4.78, 5) is 0. The fraction of sp³-hybridized carbons (Fsp3) is 0.429. The minimum Gasteiger partial charge on any atom is -0.455 e. The van der Waals surface area contributed by atoms with Crippen LogP contribution in [0.3, 0.4) is 0 Å². The van der Waals surface area contributed by atoms with Gasteiger partial charge in [-0.3, -0.25) is 0 Å². The maximum absolute atomic E-state index is 6.12.